The molecule has 0 spiro atoms. The predicted molar refractivity (Wildman–Crippen MR) is 56.0 cm³/mol. The van der Waals surface area contributed by atoms with Gasteiger partial charge in [-0.2, -0.15) is 0 Å². The lowest BCUT2D eigenvalue weighted by Gasteiger charge is -2.28. The molecule has 0 aromatic carbocycles. The van der Waals surface area contributed by atoms with Gasteiger partial charge in [-0.3, -0.25) is 0 Å². The van der Waals surface area contributed by atoms with Gasteiger partial charge in [-0.1, -0.05) is 25.3 Å². The number of hydrogen-bond donors (Lipinski definition) is 0. The van der Waals surface area contributed by atoms with Gasteiger partial charge in [0.15, 0.2) is 9.04 Å². The minimum absolute atomic E-state index is 0.727. The Balaban J connectivity index is 2.46. The van der Waals surface area contributed by atoms with Crippen LogP contribution in [0.15, 0.2) is 12.2 Å². The maximum atomic E-state index is 5.87. The fraction of sp³-hybridized carbons (Fsp3) is 0.800. The fourth-order valence-corrected chi connectivity index (χ4v) is 5.13. The van der Waals surface area contributed by atoms with Gasteiger partial charge in [-0.15, -0.1) is 6.58 Å². The molecule has 0 aromatic heterocycles. The lowest BCUT2D eigenvalue weighted by molar-refractivity contribution is 0.281. The zero-order valence-corrected chi connectivity index (χ0v) is 9.46. The molecule has 0 saturated carbocycles. The number of rotatable bonds is 3. The van der Waals surface area contributed by atoms with Crippen molar-refractivity contribution >= 4 is 9.04 Å². The average Bonchev–Trinajstić information content (AvgIpc) is 2.07. The zero-order valence-electron chi connectivity index (χ0n) is 8.31. The highest BCUT2D eigenvalue weighted by molar-refractivity contribution is 6.54. The number of hydrogen-bond acceptors (Lipinski definition) is 1. The molecular formula is C10H20OSi. The lowest BCUT2D eigenvalue weighted by atomic mass is 10.2. The topological polar surface area (TPSA) is 9.23 Å². The van der Waals surface area contributed by atoms with E-state index in [4.69, 9.17) is 4.43 Å². The molecule has 0 radical (unpaired) electrons. The molecule has 0 aliphatic carbocycles. The Bertz CT molecular complexity index is 150. The van der Waals surface area contributed by atoms with Crippen LogP contribution in [0, 0.1) is 0 Å². The van der Waals surface area contributed by atoms with Crippen LogP contribution >= 0.6 is 0 Å². The van der Waals surface area contributed by atoms with Crippen LogP contribution in [0.2, 0.25) is 11.6 Å². The minimum Gasteiger partial charge on any atom is -0.419 e. The summed E-state index contributed by atoms with van der Waals surface area (Å²) < 4.78 is 5.87. The van der Waals surface area contributed by atoms with Gasteiger partial charge in [-0.05, 0) is 24.9 Å². The van der Waals surface area contributed by atoms with Crippen molar-refractivity contribution in [3.05, 3.63) is 12.2 Å². The van der Waals surface area contributed by atoms with Gasteiger partial charge in [0.05, 0.1) is 0 Å². The SMILES string of the molecule is C=C(C)C(CC)[SiH]1CCCCO1. The Morgan fingerprint density at radius 1 is 1.58 bits per heavy atom. The molecule has 2 unspecified atom stereocenters. The summed E-state index contributed by atoms with van der Waals surface area (Å²) >= 11 is 0. The normalized spacial score (nSPS) is 26.7. The van der Waals surface area contributed by atoms with Gasteiger partial charge in [0.25, 0.3) is 0 Å². The molecule has 1 saturated heterocycles. The molecule has 0 aromatic rings. The van der Waals surface area contributed by atoms with Crippen molar-refractivity contribution in [3.63, 3.8) is 0 Å². The fourth-order valence-electron chi connectivity index (χ4n) is 2.01. The minimum atomic E-state index is -0.899. The molecule has 2 heteroatoms. The monoisotopic (exact) mass is 184 g/mol. The summed E-state index contributed by atoms with van der Waals surface area (Å²) in [5.41, 5.74) is 2.07. The maximum Gasteiger partial charge on any atom is 0.183 e. The standard InChI is InChI=1S/C10H20OSi/c1-4-10(9(2)3)12-8-6-5-7-11-12/h10,12H,2,4-8H2,1,3H3. The van der Waals surface area contributed by atoms with Crippen LogP contribution in [-0.2, 0) is 4.43 Å². The first kappa shape index (κ1) is 10.0. The van der Waals surface area contributed by atoms with Crippen LogP contribution in [0.1, 0.15) is 33.1 Å². The maximum absolute atomic E-state index is 5.87. The summed E-state index contributed by atoms with van der Waals surface area (Å²) in [5.74, 6) is 0. The third kappa shape index (κ3) is 2.46. The highest BCUT2D eigenvalue weighted by Crippen LogP contribution is 2.29. The molecule has 1 rings (SSSR count). The van der Waals surface area contributed by atoms with Gasteiger partial charge in [0.1, 0.15) is 0 Å². The summed E-state index contributed by atoms with van der Waals surface area (Å²) in [6, 6.07) is 1.37. The van der Waals surface area contributed by atoms with E-state index in [0.29, 0.717) is 0 Å². The summed E-state index contributed by atoms with van der Waals surface area (Å²) in [6.07, 6.45) is 3.89. The first-order chi connectivity index (χ1) is 5.75. The first-order valence-corrected chi connectivity index (χ1v) is 6.98. The van der Waals surface area contributed by atoms with Crippen LogP contribution in [0.5, 0.6) is 0 Å². The van der Waals surface area contributed by atoms with E-state index in [0.717, 1.165) is 12.1 Å². The van der Waals surface area contributed by atoms with E-state index in [9.17, 15) is 0 Å². The molecule has 12 heavy (non-hydrogen) atoms. The van der Waals surface area contributed by atoms with Crippen molar-refractivity contribution in [1.82, 2.24) is 0 Å². The lowest BCUT2D eigenvalue weighted by Crippen LogP contribution is -2.29. The van der Waals surface area contributed by atoms with Crippen LogP contribution < -0.4 is 0 Å². The Labute approximate surface area is 77.5 Å². The van der Waals surface area contributed by atoms with Crippen LogP contribution in [0.3, 0.4) is 0 Å². The van der Waals surface area contributed by atoms with E-state index in [1.807, 2.05) is 0 Å². The van der Waals surface area contributed by atoms with Crippen molar-refractivity contribution in [2.75, 3.05) is 6.61 Å². The Morgan fingerprint density at radius 2 is 2.33 bits per heavy atom. The predicted octanol–water partition coefficient (Wildman–Crippen LogP) is 2.88. The highest BCUT2D eigenvalue weighted by Gasteiger charge is 2.25. The van der Waals surface area contributed by atoms with Crippen molar-refractivity contribution in [2.45, 2.75) is 44.7 Å². The molecule has 1 heterocycles. The summed E-state index contributed by atoms with van der Waals surface area (Å²) in [6.45, 7) is 9.48. The molecule has 1 aliphatic rings. The van der Waals surface area contributed by atoms with E-state index >= 15 is 0 Å². The third-order valence-electron chi connectivity index (χ3n) is 2.74. The average molecular weight is 184 g/mol. The molecule has 0 N–H and O–H groups in total. The zero-order chi connectivity index (χ0) is 8.97. The van der Waals surface area contributed by atoms with Crippen LogP contribution in [-0.4, -0.2) is 15.6 Å². The smallest absolute Gasteiger partial charge is 0.183 e. The van der Waals surface area contributed by atoms with Gasteiger partial charge in [-0.25, -0.2) is 0 Å². The summed E-state index contributed by atoms with van der Waals surface area (Å²) in [7, 11) is -0.899. The Hall–Kier alpha value is -0.0831. The molecular weight excluding hydrogens is 164 g/mol. The van der Waals surface area contributed by atoms with Crippen LogP contribution in [0.4, 0.5) is 0 Å². The number of allylic oxidation sites excluding steroid dienone is 1. The van der Waals surface area contributed by atoms with E-state index in [-0.39, 0.29) is 0 Å². The summed E-state index contributed by atoms with van der Waals surface area (Å²) in [5, 5.41) is 0. The largest absolute Gasteiger partial charge is 0.419 e. The highest BCUT2D eigenvalue weighted by atomic mass is 28.3. The molecule has 2 atom stereocenters. The molecule has 0 bridgehead atoms. The van der Waals surface area contributed by atoms with Gasteiger partial charge in [0.2, 0.25) is 0 Å². The van der Waals surface area contributed by atoms with E-state index in [2.05, 4.69) is 20.4 Å². The van der Waals surface area contributed by atoms with Gasteiger partial charge in [0, 0.05) is 6.61 Å². The second kappa shape index (κ2) is 4.82. The third-order valence-corrected chi connectivity index (χ3v) is 6.32. The van der Waals surface area contributed by atoms with Crippen molar-refractivity contribution in [3.8, 4) is 0 Å². The van der Waals surface area contributed by atoms with Crippen molar-refractivity contribution < 1.29 is 4.43 Å². The molecule has 0 amide bonds. The first-order valence-electron chi connectivity index (χ1n) is 5.02. The quantitative estimate of drug-likeness (QED) is 0.484. The van der Waals surface area contributed by atoms with Crippen molar-refractivity contribution in [2.24, 2.45) is 0 Å². The van der Waals surface area contributed by atoms with E-state index in [1.165, 1.54) is 30.9 Å². The van der Waals surface area contributed by atoms with E-state index in [1.54, 1.807) is 0 Å². The summed E-state index contributed by atoms with van der Waals surface area (Å²) in [4.78, 5) is 0. The Kier molecular flexibility index (Phi) is 4.02. The molecule has 1 nitrogen and oxygen atoms in total. The second-order valence-corrected chi connectivity index (χ2v) is 6.56. The van der Waals surface area contributed by atoms with E-state index < -0.39 is 9.04 Å². The second-order valence-electron chi connectivity index (χ2n) is 3.77. The van der Waals surface area contributed by atoms with Crippen LogP contribution in [0.25, 0.3) is 0 Å². The van der Waals surface area contributed by atoms with Gasteiger partial charge >= 0.3 is 0 Å². The molecule has 1 aliphatic heterocycles. The Morgan fingerprint density at radius 3 is 2.75 bits per heavy atom. The van der Waals surface area contributed by atoms with Gasteiger partial charge < -0.3 is 4.43 Å². The molecule has 70 valence electrons. The molecule has 1 fully saturated rings. The van der Waals surface area contributed by atoms with Crippen molar-refractivity contribution in [1.29, 1.82) is 0 Å².